The van der Waals surface area contributed by atoms with Crippen LogP contribution in [-0.2, 0) is 19.9 Å². The van der Waals surface area contributed by atoms with Crippen molar-refractivity contribution in [3.63, 3.8) is 0 Å². The Labute approximate surface area is 178 Å². The van der Waals surface area contributed by atoms with E-state index in [1.54, 1.807) is 12.1 Å². The summed E-state index contributed by atoms with van der Waals surface area (Å²) < 4.78 is 0. The van der Waals surface area contributed by atoms with E-state index >= 15 is 0 Å². The van der Waals surface area contributed by atoms with E-state index in [1.165, 1.54) is 4.90 Å². The minimum Gasteiger partial charge on any atom is -0.323 e. The molecule has 0 saturated carbocycles. The molecule has 0 bridgehead atoms. The maximum absolute atomic E-state index is 13.8. The molecule has 6 rings (SSSR count). The smallest absolute Gasteiger partial charge is 0.250 e. The summed E-state index contributed by atoms with van der Waals surface area (Å²) in [5.41, 5.74) is 1.59. The topological polar surface area (TPSA) is 69.7 Å². The van der Waals surface area contributed by atoms with Crippen LogP contribution in [0.15, 0.2) is 42.5 Å². The van der Waals surface area contributed by atoms with Gasteiger partial charge < -0.3 is 5.32 Å². The zero-order chi connectivity index (χ0) is 20.8. The van der Waals surface area contributed by atoms with Crippen molar-refractivity contribution in [2.24, 2.45) is 11.8 Å². The third-order valence-corrected chi connectivity index (χ3v) is 7.51. The first kappa shape index (κ1) is 18.1. The van der Waals surface area contributed by atoms with Crippen molar-refractivity contribution < 1.29 is 14.4 Å². The number of aryl methyl sites for hydroxylation is 1. The highest BCUT2D eigenvalue weighted by Gasteiger charge is 2.74. The highest BCUT2D eigenvalue weighted by molar-refractivity contribution is 6.35. The number of benzene rings is 2. The Balaban J connectivity index is 1.59. The molecule has 4 heterocycles. The van der Waals surface area contributed by atoms with Crippen LogP contribution < -0.4 is 10.2 Å². The number of carbonyl (C=O) groups is 3. The molecule has 3 amide bonds. The number of carbonyl (C=O) groups excluding carboxylic acids is 3. The highest BCUT2D eigenvalue weighted by Crippen LogP contribution is 2.61. The van der Waals surface area contributed by atoms with Gasteiger partial charge in [0.2, 0.25) is 11.8 Å². The second-order valence-electron chi connectivity index (χ2n) is 8.64. The van der Waals surface area contributed by atoms with E-state index in [9.17, 15) is 14.4 Å². The molecule has 0 aromatic heterocycles. The van der Waals surface area contributed by atoms with Gasteiger partial charge in [-0.3, -0.25) is 19.3 Å². The van der Waals surface area contributed by atoms with Gasteiger partial charge >= 0.3 is 0 Å². The van der Waals surface area contributed by atoms with Crippen LogP contribution in [0.4, 0.5) is 11.4 Å². The van der Waals surface area contributed by atoms with E-state index in [0.29, 0.717) is 22.9 Å². The molecule has 2 aromatic rings. The average Bonchev–Trinajstić information content (AvgIpc) is 3.42. The summed E-state index contributed by atoms with van der Waals surface area (Å²) >= 11 is 6.48. The molecule has 4 aliphatic heterocycles. The molecule has 7 heteroatoms. The Morgan fingerprint density at radius 1 is 1.10 bits per heavy atom. The number of fused-ring (bicyclic) bond motifs is 7. The molecule has 0 radical (unpaired) electrons. The lowest BCUT2D eigenvalue weighted by Crippen LogP contribution is -2.54. The van der Waals surface area contributed by atoms with Crippen LogP contribution in [0.2, 0.25) is 5.02 Å². The molecule has 0 aliphatic carbocycles. The second-order valence-corrected chi connectivity index (χ2v) is 9.05. The molecule has 2 aromatic carbocycles. The number of nitrogens with one attached hydrogen (secondary N) is 1. The zero-order valence-electron chi connectivity index (χ0n) is 16.4. The molecule has 4 atom stereocenters. The third kappa shape index (κ3) is 1.96. The van der Waals surface area contributed by atoms with Crippen LogP contribution in [0.3, 0.4) is 0 Å². The Bertz CT molecular complexity index is 1130. The maximum Gasteiger partial charge on any atom is 0.250 e. The molecule has 3 saturated heterocycles. The monoisotopic (exact) mass is 421 g/mol. The quantitative estimate of drug-likeness (QED) is 0.718. The molecular formula is C23H20ClN3O3. The van der Waals surface area contributed by atoms with E-state index in [0.717, 1.165) is 24.0 Å². The van der Waals surface area contributed by atoms with Gasteiger partial charge in [0.25, 0.3) is 5.91 Å². The summed E-state index contributed by atoms with van der Waals surface area (Å²) in [6.07, 6.45) is 1.69. The lowest BCUT2D eigenvalue weighted by Gasteiger charge is -2.36. The Morgan fingerprint density at radius 3 is 2.63 bits per heavy atom. The predicted molar refractivity (Wildman–Crippen MR) is 112 cm³/mol. The van der Waals surface area contributed by atoms with Crippen molar-refractivity contribution >= 4 is 40.7 Å². The summed E-state index contributed by atoms with van der Waals surface area (Å²) in [7, 11) is 0. The van der Waals surface area contributed by atoms with Crippen LogP contribution in [0.5, 0.6) is 0 Å². The number of amides is 3. The van der Waals surface area contributed by atoms with Gasteiger partial charge in [0, 0.05) is 11.6 Å². The fourth-order valence-electron chi connectivity index (χ4n) is 6.23. The number of hydrogen-bond acceptors (Lipinski definition) is 4. The van der Waals surface area contributed by atoms with Crippen molar-refractivity contribution in [3.05, 3.63) is 58.6 Å². The van der Waals surface area contributed by atoms with Crippen molar-refractivity contribution in [1.29, 1.82) is 0 Å². The number of imide groups is 1. The SMILES string of the molecule is Cc1cc(Cl)c2c(c1)[C@]1(C(=O)N2)[C@@H]2C(=O)N(c3ccccc3)C(=O)[C@H]2[C@@H]2CCCN21. The normalized spacial score (nSPS) is 32.0. The van der Waals surface area contributed by atoms with E-state index in [1.807, 2.05) is 37.3 Å². The number of hydrogen-bond donors (Lipinski definition) is 1. The van der Waals surface area contributed by atoms with E-state index in [4.69, 9.17) is 11.6 Å². The first-order valence-corrected chi connectivity index (χ1v) is 10.7. The van der Waals surface area contributed by atoms with Gasteiger partial charge in [-0.05, 0) is 50.1 Å². The van der Waals surface area contributed by atoms with Crippen molar-refractivity contribution in [2.75, 3.05) is 16.8 Å². The molecule has 6 nitrogen and oxygen atoms in total. The number of anilines is 2. The van der Waals surface area contributed by atoms with E-state index in [2.05, 4.69) is 10.2 Å². The average molecular weight is 422 g/mol. The van der Waals surface area contributed by atoms with Crippen LogP contribution in [0.25, 0.3) is 0 Å². The van der Waals surface area contributed by atoms with Crippen molar-refractivity contribution in [2.45, 2.75) is 31.3 Å². The van der Waals surface area contributed by atoms with Crippen LogP contribution in [0, 0.1) is 18.8 Å². The second kappa shape index (κ2) is 5.93. The zero-order valence-corrected chi connectivity index (χ0v) is 17.1. The third-order valence-electron chi connectivity index (χ3n) is 7.21. The summed E-state index contributed by atoms with van der Waals surface area (Å²) in [5, 5.41) is 3.41. The lowest BCUT2D eigenvalue weighted by molar-refractivity contribution is -0.135. The molecule has 30 heavy (non-hydrogen) atoms. The van der Waals surface area contributed by atoms with Gasteiger partial charge in [-0.1, -0.05) is 35.9 Å². The van der Waals surface area contributed by atoms with Gasteiger partial charge in [0.1, 0.15) is 5.54 Å². The lowest BCUT2D eigenvalue weighted by atomic mass is 9.75. The molecular weight excluding hydrogens is 402 g/mol. The molecule has 1 spiro atoms. The van der Waals surface area contributed by atoms with Crippen LogP contribution >= 0.6 is 11.6 Å². The van der Waals surface area contributed by atoms with E-state index in [-0.39, 0.29) is 23.8 Å². The first-order chi connectivity index (χ1) is 14.5. The minimum absolute atomic E-state index is 0.129. The molecule has 152 valence electrons. The maximum atomic E-state index is 13.8. The molecule has 4 aliphatic rings. The van der Waals surface area contributed by atoms with Gasteiger partial charge in [0.05, 0.1) is 28.2 Å². The molecule has 3 fully saturated rings. The number of rotatable bonds is 1. The van der Waals surface area contributed by atoms with Crippen molar-refractivity contribution in [3.8, 4) is 0 Å². The largest absolute Gasteiger partial charge is 0.323 e. The van der Waals surface area contributed by atoms with Gasteiger partial charge in [-0.25, -0.2) is 4.90 Å². The fourth-order valence-corrected chi connectivity index (χ4v) is 6.55. The van der Waals surface area contributed by atoms with Crippen LogP contribution in [-0.4, -0.2) is 35.2 Å². The summed E-state index contributed by atoms with van der Waals surface area (Å²) in [6, 6.07) is 12.6. The van der Waals surface area contributed by atoms with Gasteiger partial charge in [0.15, 0.2) is 0 Å². The van der Waals surface area contributed by atoms with Crippen molar-refractivity contribution in [1.82, 2.24) is 4.90 Å². The Kier molecular flexibility index (Phi) is 3.58. The Morgan fingerprint density at radius 2 is 1.87 bits per heavy atom. The van der Waals surface area contributed by atoms with Gasteiger partial charge in [-0.2, -0.15) is 0 Å². The van der Waals surface area contributed by atoms with E-state index < -0.39 is 17.4 Å². The highest BCUT2D eigenvalue weighted by atomic mass is 35.5. The fraction of sp³-hybridized carbons (Fsp3) is 0.348. The number of halogens is 1. The Hall–Kier alpha value is -2.70. The summed E-state index contributed by atoms with van der Waals surface area (Å²) in [6.45, 7) is 2.61. The minimum atomic E-state index is -1.19. The summed E-state index contributed by atoms with van der Waals surface area (Å²) in [5.74, 6) is -2.04. The summed E-state index contributed by atoms with van der Waals surface area (Å²) in [4.78, 5) is 44.3. The first-order valence-electron chi connectivity index (χ1n) is 10.3. The standard InChI is InChI=1S/C23H20ClN3O3/c1-12-10-14-19(15(24)11-12)25-22(30)23(14)18-17(16-8-5-9-26(16)23)20(28)27(21(18)29)13-6-3-2-4-7-13/h2-4,6-7,10-11,16-18H,5,8-9H2,1H3,(H,25,30)/t16-,17-,18-,23+/m0/s1. The number of nitrogens with zero attached hydrogens (tertiary/aromatic N) is 2. The molecule has 0 unspecified atom stereocenters. The number of para-hydroxylation sites is 1. The molecule has 1 N–H and O–H groups in total. The van der Waals surface area contributed by atoms with Gasteiger partial charge in [-0.15, -0.1) is 0 Å². The van der Waals surface area contributed by atoms with Crippen LogP contribution in [0.1, 0.15) is 24.0 Å². The predicted octanol–water partition coefficient (Wildman–Crippen LogP) is 3.08.